The van der Waals surface area contributed by atoms with Crippen molar-refractivity contribution in [2.24, 2.45) is 5.73 Å². The van der Waals surface area contributed by atoms with E-state index < -0.39 is 22.0 Å². The van der Waals surface area contributed by atoms with Crippen LogP contribution in [0.25, 0.3) is 0 Å². The molecule has 1 aliphatic rings. The molecule has 1 aliphatic heterocycles. The number of hydrogen-bond donors (Lipinski definition) is 1. The van der Waals surface area contributed by atoms with Gasteiger partial charge in [-0.15, -0.1) is 0 Å². The summed E-state index contributed by atoms with van der Waals surface area (Å²) < 4.78 is 26.1. The Balaban J connectivity index is 2.48. The maximum atomic E-state index is 12.5. The zero-order valence-electron chi connectivity index (χ0n) is 9.84. The third-order valence-corrected chi connectivity index (χ3v) is 5.92. The zero-order chi connectivity index (χ0) is 14.2. The SMILES string of the molecule is NC(=O)[C@H]1CCCN1S(=O)(=O)c1cccc(Cl)c1Cl. The van der Waals surface area contributed by atoms with Gasteiger partial charge in [-0.3, -0.25) is 4.79 Å². The fourth-order valence-electron chi connectivity index (χ4n) is 2.12. The van der Waals surface area contributed by atoms with Crippen LogP contribution in [0.5, 0.6) is 0 Å². The highest BCUT2D eigenvalue weighted by molar-refractivity contribution is 7.89. The number of sulfonamides is 1. The highest BCUT2D eigenvalue weighted by Crippen LogP contribution is 2.33. The summed E-state index contributed by atoms with van der Waals surface area (Å²) in [4.78, 5) is 11.2. The van der Waals surface area contributed by atoms with Gasteiger partial charge in [-0.2, -0.15) is 4.31 Å². The van der Waals surface area contributed by atoms with Crippen molar-refractivity contribution in [1.29, 1.82) is 0 Å². The predicted octanol–water partition coefficient (Wildman–Crippen LogP) is 1.63. The van der Waals surface area contributed by atoms with Gasteiger partial charge in [0.25, 0.3) is 0 Å². The van der Waals surface area contributed by atoms with Crippen molar-refractivity contribution in [3.8, 4) is 0 Å². The van der Waals surface area contributed by atoms with E-state index in [1.807, 2.05) is 0 Å². The Morgan fingerprint density at radius 3 is 2.68 bits per heavy atom. The lowest BCUT2D eigenvalue weighted by Crippen LogP contribution is -2.43. The highest BCUT2D eigenvalue weighted by atomic mass is 35.5. The molecule has 0 radical (unpaired) electrons. The Labute approximate surface area is 121 Å². The maximum Gasteiger partial charge on any atom is 0.245 e. The lowest BCUT2D eigenvalue weighted by atomic mass is 10.2. The van der Waals surface area contributed by atoms with Crippen molar-refractivity contribution in [3.63, 3.8) is 0 Å². The zero-order valence-corrected chi connectivity index (χ0v) is 12.2. The van der Waals surface area contributed by atoms with E-state index in [0.29, 0.717) is 12.8 Å². The Bertz CT molecular complexity index is 618. The molecule has 0 aromatic heterocycles. The minimum Gasteiger partial charge on any atom is -0.368 e. The van der Waals surface area contributed by atoms with Gasteiger partial charge in [-0.1, -0.05) is 29.3 Å². The van der Waals surface area contributed by atoms with Gasteiger partial charge in [-0.05, 0) is 25.0 Å². The molecule has 2 rings (SSSR count). The number of amides is 1. The number of hydrogen-bond acceptors (Lipinski definition) is 3. The molecule has 1 atom stereocenters. The number of halogens is 2. The molecule has 0 saturated carbocycles. The van der Waals surface area contributed by atoms with E-state index in [1.54, 1.807) is 0 Å². The van der Waals surface area contributed by atoms with Crippen molar-refractivity contribution in [1.82, 2.24) is 4.31 Å². The molecule has 1 fully saturated rings. The third-order valence-electron chi connectivity index (χ3n) is 3.03. The number of nitrogens with two attached hydrogens (primary N) is 1. The van der Waals surface area contributed by atoms with Gasteiger partial charge in [0.1, 0.15) is 10.9 Å². The van der Waals surface area contributed by atoms with Crippen LogP contribution in [0.15, 0.2) is 23.1 Å². The van der Waals surface area contributed by atoms with E-state index in [9.17, 15) is 13.2 Å². The monoisotopic (exact) mass is 322 g/mol. The van der Waals surface area contributed by atoms with Crippen LogP contribution in [-0.4, -0.2) is 31.2 Å². The van der Waals surface area contributed by atoms with Gasteiger partial charge in [-0.25, -0.2) is 8.42 Å². The van der Waals surface area contributed by atoms with Crippen LogP contribution in [0.4, 0.5) is 0 Å². The Morgan fingerprint density at radius 2 is 2.05 bits per heavy atom. The molecular weight excluding hydrogens is 311 g/mol. The number of nitrogens with zero attached hydrogens (tertiary/aromatic N) is 1. The molecule has 104 valence electrons. The minimum absolute atomic E-state index is 0.0423. The van der Waals surface area contributed by atoms with Gasteiger partial charge >= 0.3 is 0 Å². The number of benzene rings is 1. The Hall–Kier alpha value is -0.820. The topological polar surface area (TPSA) is 80.5 Å². The first kappa shape index (κ1) is 14.6. The number of primary amides is 1. The summed E-state index contributed by atoms with van der Waals surface area (Å²) >= 11 is 11.7. The fraction of sp³-hybridized carbons (Fsp3) is 0.364. The van der Waals surface area contributed by atoms with E-state index >= 15 is 0 Å². The van der Waals surface area contributed by atoms with E-state index in [0.717, 1.165) is 4.31 Å². The molecule has 8 heteroatoms. The largest absolute Gasteiger partial charge is 0.368 e. The summed E-state index contributed by atoms with van der Waals surface area (Å²) in [5.41, 5.74) is 5.23. The molecule has 5 nitrogen and oxygen atoms in total. The molecule has 1 amide bonds. The summed E-state index contributed by atoms with van der Waals surface area (Å²) in [6, 6.07) is 3.54. The Kier molecular flexibility index (Phi) is 4.06. The van der Waals surface area contributed by atoms with Crippen LogP contribution in [0.3, 0.4) is 0 Å². The second-order valence-corrected chi connectivity index (χ2v) is 6.87. The quantitative estimate of drug-likeness (QED) is 0.918. The van der Waals surface area contributed by atoms with Crippen LogP contribution < -0.4 is 5.73 Å². The second kappa shape index (κ2) is 5.28. The van der Waals surface area contributed by atoms with Gasteiger partial charge in [0.15, 0.2) is 0 Å². The molecule has 1 heterocycles. The Morgan fingerprint density at radius 1 is 1.37 bits per heavy atom. The van der Waals surface area contributed by atoms with Gasteiger partial charge in [0.05, 0.1) is 10.0 Å². The first-order chi connectivity index (χ1) is 8.85. The van der Waals surface area contributed by atoms with Crippen LogP contribution in [0.1, 0.15) is 12.8 Å². The number of carbonyl (C=O) groups excluding carboxylic acids is 1. The molecule has 0 unspecified atom stereocenters. The summed E-state index contributed by atoms with van der Waals surface area (Å²) in [6.45, 7) is 0.249. The average molecular weight is 323 g/mol. The van der Waals surface area contributed by atoms with Crippen molar-refractivity contribution < 1.29 is 13.2 Å². The highest BCUT2D eigenvalue weighted by Gasteiger charge is 2.39. The molecule has 1 saturated heterocycles. The first-order valence-corrected chi connectivity index (χ1v) is 7.80. The minimum atomic E-state index is -3.87. The fourth-order valence-corrected chi connectivity index (χ4v) is 4.52. The van der Waals surface area contributed by atoms with Crippen molar-refractivity contribution in [3.05, 3.63) is 28.2 Å². The molecule has 0 spiro atoms. The van der Waals surface area contributed by atoms with E-state index in [4.69, 9.17) is 28.9 Å². The van der Waals surface area contributed by atoms with E-state index in [1.165, 1.54) is 18.2 Å². The van der Waals surface area contributed by atoms with Crippen molar-refractivity contribution >= 4 is 39.1 Å². The van der Waals surface area contributed by atoms with Crippen LogP contribution >= 0.6 is 23.2 Å². The van der Waals surface area contributed by atoms with Crippen LogP contribution in [0.2, 0.25) is 10.0 Å². The third kappa shape index (κ3) is 2.58. The van der Waals surface area contributed by atoms with Crippen LogP contribution in [0, 0.1) is 0 Å². The lowest BCUT2D eigenvalue weighted by Gasteiger charge is -2.22. The van der Waals surface area contributed by atoms with Crippen LogP contribution in [-0.2, 0) is 14.8 Å². The summed E-state index contributed by atoms with van der Waals surface area (Å²) in [5, 5.41) is 0.108. The predicted molar refractivity (Wildman–Crippen MR) is 72.6 cm³/mol. The molecular formula is C11H12Cl2N2O3S. The standard InChI is InChI=1S/C11H12Cl2N2O3S/c12-7-3-1-5-9(10(7)13)19(17,18)15-6-2-4-8(15)11(14)16/h1,3,5,8H,2,4,6H2,(H2,14,16)/t8-/m1/s1. The van der Waals surface area contributed by atoms with E-state index in [-0.39, 0.29) is 21.5 Å². The first-order valence-electron chi connectivity index (χ1n) is 5.61. The molecule has 2 N–H and O–H groups in total. The normalized spacial score (nSPS) is 20.6. The molecule has 1 aromatic rings. The smallest absolute Gasteiger partial charge is 0.245 e. The molecule has 0 bridgehead atoms. The summed E-state index contributed by atoms with van der Waals surface area (Å²) in [5.74, 6) is -0.653. The summed E-state index contributed by atoms with van der Waals surface area (Å²) in [7, 11) is -3.87. The van der Waals surface area contributed by atoms with Gasteiger partial charge in [0.2, 0.25) is 15.9 Å². The van der Waals surface area contributed by atoms with E-state index in [2.05, 4.69) is 0 Å². The van der Waals surface area contributed by atoms with Gasteiger partial charge < -0.3 is 5.73 Å². The molecule has 1 aromatic carbocycles. The van der Waals surface area contributed by atoms with Crippen molar-refractivity contribution in [2.45, 2.75) is 23.8 Å². The lowest BCUT2D eigenvalue weighted by molar-refractivity contribution is -0.121. The maximum absolute atomic E-state index is 12.5. The number of carbonyl (C=O) groups is 1. The second-order valence-electron chi connectivity index (χ2n) is 4.23. The van der Waals surface area contributed by atoms with Crippen molar-refractivity contribution in [2.75, 3.05) is 6.54 Å². The molecule has 19 heavy (non-hydrogen) atoms. The molecule has 0 aliphatic carbocycles. The summed E-state index contributed by atoms with van der Waals surface area (Å²) in [6.07, 6.45) is 1.01. The van der Waals surface area contributed by atoms with Gasteiger partial charge in [0, 0.05) is 6.54 Å². The number of rotatable bonds is 3. The average Bonchev–Trinajstić information content (AvgIpc) is 2.82.